The molecule has 0 unspecified atom stereocenters. The highest BCUT2D eigenvalue weighted by Crippen LogP contribution is 2.19. The average Bonchev–Trinajstić information content (AvgIpc) is 2.42. The van der Waals surface area contributed by atoms with E-state index in [2.05, 4.69) is 0 Å². The second-order valence-corrected chi connectivity index (χ2v) is 4.44. The third-order valence-corrected chi connectivity index (χ3v) is 3.17. The van der Waals surface area contributed by atoms with E-state index in [1.165, 1.54) is 0 Å². The SMILES string of the molecule is COc1ccc(Cn2c(C)cccc2=O)cc1CN. The highest BCUT2D eigenvalue weighted by Gasteiger charge is 2.05. The van der Waals surface area contributed by atoms with Gasteiger partial charge in [0.25, 0.3) is 5.56 Å². The van der Waals surface area contributed by atoms with Crippen LogP contribution in [0.1, 0.15) is 16.8 Å². The lowest BCUT2D eigenvalue weighted by atomic mass is 10.1. The lowest BCUT2D eigenvalue weighted by Gasteiger charge is -2.12. The van der Waals surface area contributed by atoms with Crippen LogP contribution in [-0.2, 0) is 13.1 Å². The number of methoxy groups -OCH3 is 1. The van der Waals surface area contributed by atoms with Gasteiger partial charge in [-0.25, -0.2) is 0 Å². The van der Waals surface area contributed by atoms with Crippen molar-refractivity contribution in [2.75, 3.05) is 7.11 Å². The maximum Gasteiger partial charge on any atom is 0.251 e. The van der Waals surface area contributed by atoms with E-state index >= 15 is 0 Å². The van der Waals surface area contributed by atoms with Gasteiger partial charge in [0, 0.05) is 23.9 Å². The van der Waals surface area contributed by atoms with Crippen molar-refractivity contribution in [3.8, 4) is 5.75 Å². The summed E-state index contributed by atoms with van der Waals surface area (Å²) in [6.45, 7) is 2.89. The topological polar surface area (TPSA) is 57.2 Å². The normalized spacial score (nSPS) is 10.5. The largest absolute Gasteiger partial charge is 0.496 e. The zero-order valence-electron chi connectivity index (χ0n) is 11.2. The number of ether oxygens (including phenoxy) is 1. The third kappa shape index (κ3) is 2.85. The van der Waals surface area contributed by atoms with Gasteiger partial charge in [-0.15, -0.1) is 0 Å². The molecule has 1 aromatic heterocycles. The molecule has 1 heterocycles. The van der Waals surface area contributed by atoms with Crippen LogP contribution < -0.4 is 16.0 Å². The molecule has 0 radical (unpaired) electrons. The molecule has 0 saturated heterocycles. The lowest BCUT2D eigenvalue weighted by Crippen LogP contribution is -2.21. The molecule has 2 N–H and O–H groups in total. The molecular formula is C15H18N2O2. The van der Waals surface area contributed by atoms with E-state index in [0.29, 0.717) is 13.1 Å². The summed E-state index contributed by atoms with van der Waals surface area (Å²) in [6.07, 6.45) is 0. The Morgan fingerprint density at radius 2 is 2.05 bits per heavy atom. The second-order valence-electron chi connectivity index (χ2n) is 4.44. The first-order valence-corrected chi connectivity index (χ1v) is 6.18. The zero-order chi connectivity index (χ0) is 13.8. The Bertz CT molecular complexity index is 632. The fourth-order valence-electron chi connectivity index (χ4n) is 2.10. The Kier molecular flexibility index (Phi) is 4.02. The molecule has 4 nitrogen and oxygen atoms in total. The molecule has 0 aliphatic rings. The molecule has 1 aromatic carbocycles. The quantitative estimate of drug-likeness (QED) is 0.907. The van der Waals surface area contributed by atoms with Gasteiger partial charge in [-0.1, -0.05) is 12.1 Å². The van der Waals surface area contributed by atoms with Crippen molar-refractivity contribution in [3.63, 3.8) is 0 Å². The van der Waals surface area contributed by atoms with Crippen molar-refractivity contribution >= 4 is 0 Å². The molecule has 0 saturated carbocycles. The Balaban J connectivity index is 2.36. The van der Waals surface area contributed by atoms with Crippen LogP contribution in [0.5, 0.6) is 5.75 Å². The number of aromatic nitrogens is 1. The van der Waals surface area contributed by atoms with E-state index in [4.69, 9.17) is 10.5 Å². The zero-order valence-corrected chi connectivity index (χ0v) is 11.2. The van der Waals surface area contributed by atoms with Crippen molar-refractivity contribution in [2.45, 2.75) is 20.0 Å². The average molecular weight is 258 g/mol. The highest BCUT2D eigenvalue weighted by atomic mass is 16.5. The van der Waals surface area contributed by atoms with Crippen molar-refractivity contribution in [1.29, 1.82) is 0 Å². The number of benzene rings is 1. The summed E-state index contributed by atoms with van der Waals surface area (Å²) < 4.78 is 6.98. The first-order valence-electron chi connectivity index (χ1n) is 6.18. The van der Waals surface area contributed by atoms with E-state index in [9.17, 15) is 4.79 Å². The standard InChI is InChI=1S/C15H18N2O2/c1-11-4-3-5-15(18)17(11)10-12-6-7-14(19-2)13(8-12)9-16/h3-8H,9-10,16H2,1-2H3. The van der Waals surface area contributed by atoms with Crippen LogP contribution in [0.15, 0.2) is 41.2 Å². The van der Waals surface area contributed by atoms with Gasteiger partial charge in [0.1, 0.15) is 5.75 Å². The second kappa shape index (κ2) is 5.71. The van der Waals surface area contributed by atoms with E-state index in [-0.39, 0.29) is 5.56 Å². The van der Waals surface area contributed by atoms with Crippen molar-refractivity contribution in [2.24, 2.45) is 5.73 Å². The Labute approximate surface area is 112 Å². The molecule has 0 fully saturated rings. The van der Waals surface area contributed by atoms with Crippen LogP contribution in [0.4, 0.5) is 0 Å². The summed E-state index contributed by atoms with van der Waals surface area (Å²) in [5, 5.41) is 0. The number of nitrogens with two attached hydrogens (primary N) is 1. The molecule has 100 valence electrons. The minimum Gasteiger partial charge on any atom is -0.496 e. The van der Waals surface area contributed by atoms with E-state index in [1.54, 1.807) is 23.8 Å². The van der Waals surface area contributed by atoms with Gasteiger partial charge >= 0.3 is 0 Å². The van der Waals surface area contributed by atoms with Crippen molar-refractivity contribution in [3.05, 3.63) is 63.6 Å². The molecule has 0 spiro atoms. The Hall–Kier alpha value is -2.07. The summed E-state index contributed by atoms with van der Waals surface area (Å²) in [7, 11) is 1.63. The summed E-state index contributed by atoms with van der Waals surface area (Å²) in [6, 6.07) is 11.1. The highest BCUT2D eigenvalue weighted by molar-refractivity contribution is 5.37. The molecule has 0 aliphatic carbocycles. The first-order chi connectivity index (χ1) is 9.15. The van der Waals surface area contributed by atoms with Gasteiger partial charge in [-0.2, -0.15) is 0 Å². The predicted molar refractivity (Wildman–Crippen MR) is 75.4 cm³/mol. The maximum absolute atomic E-state index is 11.8. The van der Waals surface area contributed by atoms with Gasteiger partial charge in [0.05, 0.1) is 13.7 Å². The molecule has 0 amide bonds. The maximum atomic E-state index is 11.8. The molecule has 19 heavy (non-hydrogen) atoms. The summed E-state index contributed by atoms with van der Waals surface area (Å²) in [4.78, 5) is 11.8. The fraction of sp³-hybridized carbons (Fsp3) is 0.267. The van der Waals surface area contributed by atoms with Gasteiger partial charge < -0.3 is 15.0 Å². The van der Waals surface area contributed by atoms with Gasteiger partial charge in [-0.3, -0.25) is 4.79 Å². The summed E-state index contributed by atoms with van der Waals surface area (Å²) in [5.41, 5.74) is 8.63. The molecule has 0 aliphatic heterocycles. The number of rotatable bonds is 4. The van der Waals surface area contributed by atoms with Crippen LogP contribution in [0, 0.1) is 6.92 Å². The Morgan fingerprint density at radius 3 is 2.68 bits per heavy atom. The minimum absolute atomic E-state index is 0.00474. The number of pyridine rings is 1. The van der Waals surface area contributed by atoms with Gasteiger partial charge in [0.2, 0.25) is 0 Å². The lowest BCUT2D eigenvalue weighted by molar-refractivity contribution is 0.409. The van der Waals surface area contributed by atoms with Crippen LogP contribution in [0.2, 0.25) is 0 Å². The smallest absolute Gasteiger partial charge is 0.251 e. The van der Waals surface area contributed by atoms with Gasteiger partial charge in [-0.05, 0) is 30.7 Å². The predicted octanol–water partition coefficient (Wildman–Crippen LogP) is 1.67. The molecule has 2 aromatic rings. The molecule has 0 atom stereocenters. The molecule has 4 heteroatoms. The van der Waals surface area contributed by atoms with Crippen molar-refractivity contribution in [1.82, 2.24) is 4.57 Å². The van der Waals surface area contributed by atoms with E-state index in [1.807, 2.05) is 31.2 Å². The van der Waals surface area contributed by atoms with Crippen molar-refractivity contribution < 1.29 is 4.74 Å². The summed E-state index contributed by atoms with van der Waals surface area (Å²) >= 11 is 0. The van der Waals surface area contributed by atoms with E-state index < -0.39 is 0 Å². The Morgan fingerprint density at radius 1 is 1.26 bits per heavy atom. The summed E-state index contributed by atoms with van der Waals surface area (Å²) in [5.74, 6) is 0.781. The monoisotopic (exact) mass is 258 g/mol. The third-order valence-electron chi connectivity index (χ3n) is 3.17. The molecule has 2 rings (SSSR count). The number of hydrogen-bond acceptors (Lipinski definition) is 3. The molecule has 0 bridgehead atoms. The van der Waals surface area contributed by atoms with Crippen LogP contribution in [-0.4, -0.2) is 11.7 Å². The van der Waals surface area contributed by atoms with Crippen LogP contribution in [0.3, 0.4) is 0 Å². The number of hydrogen-bond donors (Lipinski definition) is 1. The van der Waals surface area contributed by atoms with Gasteiger partial charge in [0.15, 0.2) is 0 Å². The number of nitrogens with zero attached hydrogens (tertiary/aromatic N) is 1. The van der Waals surface area contributed by atoms with Crippen LogP contribution in [0.25, 0.3) is 0 Å². The number of aryl methyl sites for hydroxylation is 1. The minimum atomic E-state index is 0.00474. The molecular weight excluding hydrogens is 240 g/mol. The van der Waals surface area contributed by atoms with Crippen LogP contribution >= 0.6 is 0 Å². The fourth-order valence-corrected chi connectivity index (χ4v) is 2.10. The van der Waals surface area contributed by atoms with E-state index in [0.717, 1.165) is 22.6 Å². The first kappa shape index (κ1) is 13.4.